The molecular formula is C50H89O28+. The van der Waals surface area contributed by atoms with Crippen molar-refractivity contribution in [3.05, 3.63) is 0 Å². The van der Waals surface area contributed by atoms with Crippen LogP contribution in [0.2, 0.25) is 0 Å². The van der Waals surface area contributed by atoms with E-state index in [1.54, 1.807) is 6.92 Å². The third-order valence-electron chi connectivity index (χ3n) is 13.8. The fourth-order valence-electron chi connectivity index (χ4n) is 10.2. The first kappa shape index (κ1) is 68.5. The van der Waals surface area contributed by atoms with Gasteiger partial charge >= 0.3 is 1.43 Å². The van der Waals surface area contributed by atoms with Gasteiger partial charge < -0.3 is 123 Å². The highest BCUT2D eigenvalue weighted by Gasteiger charge is 2.57. The van der Waals surface area contributed by atoms with Crippen LogP contribution in [0.25, 0.3) is 0 Å². The molecule has 24 atom stereocenters. The summed E-state index contributed by atoms with van der Waals surface area (Å²) in [5, 5.41) is 117. The lowest BCUT2D eigenvalue weighted by Crippen LogP contribution is -2.34. The molecule has 9 saturated heterocycles. The van der Waals surface area contributed by atoms with Gasteiger partial charge in [-0.15, -0.1) is 0 Å². The number of aliphatic hydroxyl groups excluding tert-OH is 13. The van der Waals surface area contributed by atoms with E-state index in [0.717, 1.165) is 0 Å². The highest BCUT2D eigenvalue weighted by Crippen LogP contribution is 2.42. The predicted molar refractivity (Wildman–Crippen MR) is 263 cm³/mol. The summed E-state index contributed by atoms with van der Waals surface area (Å²) in [6, 6.07) is 0. The van der Waals surface area contributed by atoms with Crippen LogP contribution in [0.1, 0.15) is 96.9 Å². The Kier molecular flexibility index (Phi) is 25.9. The van der Waals surface area contributed by atoms with Crippen LogP contribution in [0.3, 0.4) is 0 Å². The van der Waals surface area contributed by atoms with Crippen molar-refractivity contribution < 1.29 is 139 Å². The molecule has 9 rings (SSSR count). The second-order valence-electron chi connectivity index (χ2n) is 21.9. The lowest BCUT2D eigenvalue weighted by atomic mass is 10.0. The zero-order valence-corrected chi connectivity index (χ0v) is 46.2. The van der Waals surface area contributed by atoms with E-state index in [9.17, 15) is 34.8 Å². The second-order valence-corrected chi connectivity index (χ2v) is 21.9. The van der Waals surface area contributed by atoms with Gasteiger partial charge in [0, 0.05) is 19.3 Å². The van der Waals surface area contributed by atoms with E-state index in [2.05, 4.69) is 4.74 Å². The number of ketones is 3. The van der Waals surface area contributed by atoms with E-state index in [4.69, 9.17) is 98.1 Å². The van der Waals surface area contributed by atoms with Crippen LogP contribution in [0, 0.1) is 0 Å². The van der Waals surface area contributed by atoms with Gasteiger partial charge in [0.05, 0.1) is 70.2 Å². The summed E-state index contributed by atoms with van der Waals surface area (Å²) in [5.74, 6) is -1.88. The Labute approximate surface area is 454 Å². The van der Waals surface area contributed by atoms with E-state index in [0.29, 0.717) is 12.8 Å². The molecule has 0 aliphatic carbocycles. The zero-order valence-electron chi connectivity index (χ0n) is 47.2. The Bertz CT molecular complexity index is 1780. The first-order valence-electron chi connectivity index (χ1n) is 26.2. The van der Waals surface area contributed by atoms with Gasteiger partial charge in [0.15, 0.2) is 23.7 Å². The standard InChI is InChI=1S/2C11H18O5.C9H16O4.C8H14O5.C6H12O4.C5H10O5/c2*1-6(13)4-7-9-10(8(5-12)14-7)16-11(2,3)15-9;1-5-7-8(6(4-10)11-5)13-9(2,3)12-7;1-4(10)2-5-7(11)8(12)6(3-9)13-5;1-3-5(8)6(9)4(2-7)10-3;6-1-2-3(7)4(8)5(9)10-2/h2*7-10,12H,4-5H2,1-3H3;5-8,10H,4H2,1-3H3;5-9,11-12H,2-3H2,1H3;3-9H,2H2,1H3;2-9H,1H2/p+1. The molecule has 9 fully saturated rings. The van der Waals surface area contributed by atoms with Crippen LogP contribution < -0.4 is 0 Å². The minimum Gasteiger partial charge on any atom is -0.394 e. The molecule has 9 aliphatic rings. The summed E-state index contributed by atoms with van der Waals surface area (Å²) >= 11 is 0. The maximum Gasteiger partial charge on any atom is 1.00 e. The van der Waals surface area contributed by atoms with Crippen molar-refractivity contribution in [1.82, 2.24) is 0 Å². The molecule has 456 valence electrons. The molecule has 78 heavy (non-hydrogen) atoms. The number of hydrogen-bond acceptors (Lipinski definition) is 28. The summed E-state index contributed by atoms with van der Waals surface area (Å²) < 4.78 is 65.2. The smallest absolute Gasteiger partial charge is 0.394 e. The number of Topliss-reactive ketones (excluding diaryl/α,β-unsaturated/α-hetero) is 3. The normalized spacial score (nSPS) is 43.7. The fourth-order valence-corrected chi connectivity index (χ4v) is 10.2. The topological polar surface area (TPSA) is 425 Å². The third kappa shape index (κ3) is 18.0. The average molecular weight is 1140 g/mol. The number of carbonyl (C=O) groups is 3. The Morgan fingerprint density at radius 1 is 0.333 bits per heavy atom. The van der Waals surface area contributed by atoms with Crippen LogP contribution in [0.4, 0.5) is 0 Å². The summed E-state index contributed by atoms with van der Waals surface area (Å²) in [6.45, 7) is 17.8. The van der Waals surface area contributed by atoms with Crippen LogP contribution >= 0.6 is 0 Å². The number of fused-ring (bicyclic) bond motifs is 3. The van der Waals surface area contributed by atoms with Gasteiger partial charge in [0.1, 0.15) is 127 Å². The van der Waals surface area contributed by atoms with E-state index in [1.165, 1.54) is 20.8 Å². The van der Waals surface area contributed by atoms with Crippen LogP contribution in [-0.4, -0.2) is 287 Å². The van der Waals surface area contributed by atoms with Crippen molar-refractivity contribution in [3.8, 4) is 0 Å². The minimum atomic E-state index is -1.38. The molecule has 9 heterocycles. The molecule has 0 radical (unpaired) electrons. The van der Waals surface area contributed by atoms with Crippen LogP contribution in [-0.2, 0) is 71.2 Å². The van der Waals surface area contributed by atoms with E-state index in [1.807, 2.05) is 48.5 Å². The first-order valence-corrected chi connectivity index (χ1v) is 26.2. The van der Waals surface area contributed by atoms with Crippen molar-refractivity contribution in [2.24, 2.45) is 0 Å². The molecule has 0 spiro atoms. The van der Waals surface area contributed by atoms with E-state index < -0.39 is 104 Å². The van der Waals surface area contributed by atoms with Gasteiger partial charge in [0.2, 0.25) is 0 Å². The van der Waals surface area contributed by atoms with Crippen molar-refractivity contribution in [3.63, 3.8) is 0 Å². The molecule has 0 bridgehead atoms. The fraction of sp³-hybridized carbons (Fsp3) is 0.940. The minimum absolute atomic E-state index is 0. The first-order chi connectivity index (χ1) is 36.3. The Morgan fingerprint density at radius 2 is 0.590 bits per heavy atom. The maximum absolute atomic E-state index is 11.1. The molecule has 0 saturated carbocycles. The molecule has 24 unspecified atom stereocenters. The van der Waals surface area contributed by atoms with Gasteiger partial charge in [-0.3, -0.25) is 14.4 Å². The van der Waals surface area contributed by atoms with Crippen molar-refractivity contribution in [1.29, 1.82) is 0 Å². The monoisotopic (exact) mass is 1140 g/mol. The molecule has 0 amide bonds. The summed E-state index contributed by atoms with van der Waals surface area (Å²) in [6.07, 6.45) is -13.4. The molecule has 28 nitrogen and oxygen atoms in total. The molecule has 0 aromatic heterocycles. The zero-order chi connectivity index (χ0) is 58.9. The van der Waals surface area contributed by atoms with Gasteiger partial charge in [-0.2, -0.15) is 0 Å². The molecule has 28 heteroatoms. The lowest BCUT2D eigenvalue weighted by Gasteiger charge is -2.23. The number of carbonyl (C=O) groups excluding carboxylic acids is 3. The van der Waals surface area contributed by atoms with Gasteiger partial charge in [0.25, 0.3) is 0 Å². The molecule has 13 N–H and O–H groups in total. The van der Waals surface area contributed by atoms with E-state index in [-0.39, 0.29) is 125 Å². The Morgan fingerprint density at radius 3 is 0.885 bits per heavy atom. The molecular weight excluding hydrogens is 1050 g/mol. The molecule has 0 aromatic rings. The number of aliphatic hydroxyl groups is 13. The van der Waals surface area contributed by atoms with Crippen molar-refractivity contribution >= 4 is 17.3 Å². The molecule has 9 aliphatic heterocycles. The quantitative estimate of drug-likeness (QED) is 0.0873. The van der Waals surface area contributed by atoms with Crippen LogP contribution in [0.15, 0.2) is 0 Å². The highest BCUT2D eigenvalue weighted by molar-refractivity contribution is 5.76. The van der Waals surface area contributed by atoms with Crippen molar-refractivity contribution in [2.45, 2.75) is 259 Å². The number of ether oxygens (including phenoxy) is 12. The third-order valence-corrected chi connectivity index (χ3v) is 13.8. The Balaban J connectivity index is 0.000000251. The van der Waals surface area contributed by atoms with Gasteiger partial charge in [-0.1, -0.05) is 0 Å². The largest absolute Gasteiger partial charge is 1.00 e. The van der Waals surface area contributed by atoms with Gasteiger partial charge in [-0.05, 0) is 76.2 Å². The Hall–Kier alpha value is -1.99. The lowest BCUT2D eigenvalue weighted by molar-refractivity contribution is -0.191. The van der Waals surface area contributed by atoms with Crippen molar-refractivity contribution in [2.75, 3.05) is 39.6 Å². The average Bonchev–Trinajstić information content (AvgIpc) is 4.26. The highest BCUT2D eigenvalue weighted by atomic mass is 16.8. The summed E-state index contributed by atoms with van der Waals surface area (Å²) in [5.41, 5.74) is 0. The maximum atomic E-state index is 11.1. The predicted octanol–water partition coefficient (Wildman–Crippen LogP) is -4.76. The van der Waals surface area contributed by atoms with E-state index >= 15 is 0 Å². The SMILES string of the molecule is CC(=O)CC1OC(CO)C(O)C1O.CC(=O)CC1OC(CO)C2OC(C)(C)OC12.CC(=O)CC1OC(CO)C2OC(C)(C)OC12.CC1OC(CO)C(O)C1O.CC1OC(CO)C2OC(C)(C)OC12.OCC1OC(O)C(O)C1O.[H+]. The second kappa shape index (κ2) is 29.5. The van der Waals surface area contributed by atoms with Gasteiger partial charge in [-0.25, -0.2) is 0 Å². The summed E-state index contributed by atoms with van der Waals surface area (Å²) in [4.78, 5) is 32.9. The summed E-state index contributed by atoms with van der Waals surface area (Å²) in [7, 11) is 0. The van der Waals surface area contributed by atoms with Crippen LogP contribution in [0.5, 0.6) is 0 Å². The number of rotatable bonds is 12. The number of hydrogen-bond donors (Lipinski definition) is 13. The molecule has 0 aromatic carbocycles.